The van der Waals surface area contributed by atoms with E-state index in [1.807, 2.05) is 20.8 Å². The van der Waals surface area contributed by atoms with Gasteiger partial charge in [-0.15, -0.1) is 0 Å². The minimum Gasteiger partial charge on any atom is -0.623 e. The SMILES string of the molecule is COc1cc(OC)c(C=[N+]([O-])C(C)(C)C)c(OC)c1. The van der Waals surface area contributed by atoms with Gasteiger partial charge in [-0.3, -0.25) is 0 Å². The van der Waals surface area contributed by atoms with E-state index in [4.69, 9.17) is 14.2 Å². The second-order valence-corrected chi connectivity index (χ2v) is 5.07. The van der Waals surface area contributed by atoms with Gasteiger partial charge in [0.1, 0.15) is 22.8 Å². The van der Waals surface area contributed by atoms with Crippen LogP contribution in [0.25, 0.3) is 0 Å². The van der Waals surface area contributed by atoms with Crippen molar-refractivity contribution in [1.82, 2.24) is 0 Å². The Morgan fingerprint density at radius 3 is 1.79 bits per heavy atom. The summed E-state index contributed by atoms with van der Waals surface area (Å²) in [5.41, 5.74) is 0.0615. The van der Waals surface area contributed by atoms with Crippen LogP contribution in [0.2, 0.25) is 0 Å². The maximum absolute atomic E-state index is 12.0. The molecule has 0 atom stereocenters. The Hall–Kier alpha value is -1.91. The van der Waals surface area contributed by atoms with Crippen molar-refractivity contribution in [2.24, 2.45) is 0 Å². The van der Waals surface area contributed by atoms with Gasteiger partial charge in [0.15, 0.2) is 11.8 Å². The third-order valence-electron chi connectivity index (χ3n) is 2.66. The van der Waals surface area contributed by atoms with Crippen LogP contribution in [0, 0.1) is 5.21 Å². The quantitative estimate of drug-likeness (QED) is 0.364. The summed E-state index contributed by atoms with van der Waals surface area (Å²) < 4.78 is 16.6. The van der Waals surface area contributed by atoms with E-state index in [9.17, 15) is 5.21 Å². The number of hydrogen-bond acceptors (Lipinski definition) is 4. The molecule has 0 N–H and O–H groups in total. The maximum atomic E-state index is 12.0. The second kappa shape index (κ2) is 5.82. The number of methoxy groups -OCH3 is 3. The van der Waals surface area contributed by atoms with Gasteiger partial charge in [-0.2, -0.15) is 0 Å². The Balaban J connectivity index is 3.41. The van der Waals surface area contributed by atoms with Crippen LogP contribution in [-0.4, -0.2) is 37.8 Å². The normalized spacial score (nSPS) is 12.2. The van der Waals surface area contributed by atoms with Crippen molar-refractivity contribution in [3.05, 3.63) is 22.9 Å². The molecule has 0 aliphatic rings. The number of nitrogens with zero attached hydrogens (tertiary/aromatic N) is 1. The largest absolute Gasteiger partial charge is 0.623 e. The zero-order valence-corrected chi connectivity index (χ0v) is 12.3. The number of hydroxylamine groups is 1. The molecule has 0 amide bonds. The molecule has 5 nitrogen and oxygen atoms in total. The average molecular weight is 267 g/mol. The molecule has 106 valence electrons. The maximum Gasteiger partial charge on any atom is 0.189 e. The summed E-state index contributed by atoms with van der Waals surface area (Å²) in [6.45, 7) is 5.50. The van der Waals surface area contributed by atoms with Gasteiger partial charge >= 0.3 is 0 Å². The Bertz CT molecular complexity index is 450. The molecular weight excluding hydrogens is 246 g/mol. The summed E-state index contributed by atoms with van der Waals surface area (Å²) in [6.07, 6.45) is 1.47. The van der Waals surface area contributed by atoms with Crippen molar-refractivity contribution in [3.63, 3.8) is 0 Å². The molecule has 0 aliphatic carbocycles. The lowest BCUT2D eigenvalue weighted by atomic mass is 10.1. The molecule has 1 rings (SSSR count). The average Bonchev–Trinajstić information content (AvgIpc) is 2.37. The summed E-state index contributed by atoms with van der Waals surface area (Å²) in [6, 6.07) is 3.43. The standard InChI is InChI=1S/C14H21NO4/c1-14(2,3)15(16)9-11-12(18-5)7-10(17-4)8-13(11)19-6/h7-9H,1-6H3. The van der Waals surface area contributed by atoms with Gasteiger partial charge in [0.2, 0.25) is 0 Å². The zero-order valence-electron chi connectivity index (χ0n) is 12.3. The Morgan fingerprint density at radius 2 is 1.47 bits per heavy atom. The monoisotopic (exact) mass is 267 g/mol. The highest BCUT2D eigenvalue weighted by Gasteiger charge is 2.21. The van der Waals surface area contributed by atoms with Crippen molar-refractivity contribution in [3.8, 4) is 17.2 Å². The first-order chi connectivity index (χ1) is 8.83. The number of hydrogen-bond donors (Lipinski definition) is 0. The van der Waals surface area contributed by atoms with Gasteiger partial charge in [0, 0.05) is 32.9 Å². The summed E-state index contributed by atoms with van der Waals surface area (Å²) >= 11 is 0. The van der Waals surface area contributed by atoms with E-state index in [1.165, 1.54) is 20.4 Å². The van der Waals surface area contributed by atoms with E-state index >= 15 is 0 Å². The van der Waals surface area contributed by atoms with Crippen molar-refractivity contribution in [2.45, 2.75) is 26.3 Å². The van der Waals surface area contributed by atoms with E-state index in [2.05, 4.69) is 0 Å². The molecule has 0 heterocycles. The van der Waals surface area contributed by atoms with Gasteiger partial charge in [0.25, 0.3) is 0 Å². The summed E-state index contributed by atoms with van der Waals surface area (Å²) in [5.74, 6) is 1.67. The smallest absolute Gasteiger partial charge is 0.189 e. The number of benzene rings is 1. The van der Waals surface area contributed by atoms with Crippen molar-refractivity contribution < 1.29 is 18.9 Å². The molecule has 0 aromatic heterocycles. The second-order valence-electron chi connectivity index (χ2n) is 5.07. The van der Waals surface area contributed by atoms with Crippen LogP contribution in [-0.2, 0) is 0 Å². The van der Waals surface area contributed by atoms with Crippen LogP contribution in [0.3, 0.4) is 0 Å². The molecule has 1 aromatic carbocycles. The number of rotatable bonds is 4. The third kappa shape index (κ3) is 3.53. The number of ether oxygens (including phenoxy) is 3. The molecule has 0 unspecified atom stereocenters. The van der Waals surface area contributed by atoms with Gasteiger partial charge in [-0.1, -0.05) is 0 Å². The van der Waals surface area contributed by atoms with E-state index in [-0.39, 0.29) is 0 Å². The van der Waals surface area contributed by atoms with Crippen molar-refractivity contribution in [2.75, 3.05) is 21.3 Å². The van der Waals surface area contributed by atoms with E-state index < -0.39 is 5.54 Å². The molecule has 0 fully saturated rings. The molecule has 0 saturated heterocycles. The highest BCUT2D eigenvalue weighted by molar-refractivity contribution is 5.85. The van der Waals surface area contributed by atoms with Gasteiger partial charge in [-0.25, -0.2) is 4.74 Å². The lowest BCUT2D eigenvalue weighted by Gasteiger charge is -2.20. The van der Waals surface area contributed by atoms with Crippen LogP contribution in [0.5, 0.6) is 17.2 Å². The van der Waals surface area contributed by atoms with Crippen LogP contribution in [0.15, 0.2) is 12.1 Å². The van der Waals surface area contributed by atoms with Crippen molar-refractivity contribution in [1.29, 1.82) is 0 Å². The van der Waals surface area contributed by atoms with Gasteiger partial charge < -0.3 is 19.4 Å². The van der Waals surface area contributed by atoms with Crippen LogP contribution >= 0.6 is 0 Å². The molecule has 0 bridgehead atoms. The molecule has 0 spiro atoms. The zero-order chi connectivity index (χ0) is 14.6. The van der Waals surface area contributed by atoms with Crippen LogP contribution in [0.1, 0.15) is 26.3 Å². The Morgan fingerprint density at radius 1 is 1.00 bits per heavy atom. The molecule has 5 heteroatoms. The lowest BCUT2D eigenvalue weighted by Crippen LogP contribution is -2.29. The predicted octanol–water partition coefficient (Wildman–Crippen LogP) is 2.44. The van der Waals surface area contributed by atoms with Crippen LogP contribution in [0.4, 0.5) is 0 Å². The fraction of sp³-hybridized carbons (Fsp3) is 0.500. The summed E-state index contributed by atoms with van der Waals surface area (Å²) in [5, 5.41) is 12.0. The molecule has 1 aromatic rings. The fourth-order valence-corrected chi connectivity index (χ4v) is 1.47. The topological polar surface area (TPSA) is 53.8 Å². The van der Waals surface area contributed by atoms with E-state index in [1.54, 1.807) is 19.2 Å². The van der Waals surface area contributed by atoms with Gasteiger partial charge in [-0.05, 0) is 0 Å². The fourth-order valence-electron chi connectivity index (χ4n) is 1.47. The molecule has 0 aliphatic heterocycles. The first-order valence-corrected chi connectivity index (χ1v) is 5.94. The summed E-state index contributed by atoms with van der Waals surface area (Å²) in [7, 11) is 4.64. The molecule has 0 radical (unpaired) electrons. The van der Waals surface area contributed by atoms with Crippen molar-refractivity contribution >= 4 is 6.21 Å². The molecule has 0 saturated carbocycles. The van der Waals surface area contributed by atoms with E-state index in [0.717, 1.165) is 4.74 Å². The lowest BCUT2D eigenvalue weighted by molar-refractivity contribution is -0.530. The minimum atomic E-state index is -0.532. The third-order valence-corrected chi connectivity index (χ3v) is 2.66. The summed E-state index contributed by atoms with van der Waals surface area (Å²) in [4.78, 5) is 0. The highest BCUT2D eigenvalue weighted by Crippen LogP contribution is 2.32. The van der Waals surface area contributed by atoms with E-state index in [0.29, 0.717) is 22.8 Å². The minimum absolute atomic E-state index is 0.529. The van der Waals surface area contributed by atoms with Gasteiger partial charge in [0.05, 0.1) is 21.3 Å². The molecular formula is C14H21NO4. The highest BCUT2D eigenvalue weighted by atomic mass is 16.5. The Kier molecular flexibility index (Phi) is 4.64. The first-order valence-electron chi connectivity index (χ1n) is 5.94. The molecule has 19 heavy (non-hydrogen) atoms. The predicted molar refractivity (Wildman–Crippen MR) is 74.6 cm³/mol. The first kappa shape index (κ1) is 15.1. The van der Waals surface area contributed by atoms with Crippen LogP contribution < -0.4 is 14.2 Å². The Labute approximate surface area is 114 Å².